The van der Waals surface area contributed by atoms with Crippen molar-refractivity contribution in [2.45, 2.75) is 50.9 Å². The molecule has 0 aliphatic heterocycles. The molecule has 1 unspecified atom stereocenters. The molecule has 27 heavy (non-hydrogen) atoms. The maximum Gasteiger partial charge on any atom is 0.375 e. The van der Waals surface area contributed by atoms with Crippen LogP contribution in [0.5, 0.6) is 0 Å². The lowest BCUT2D eigenvalue weighted by molar-refractivity contribution is 0.0284. The maximum absolute atomic E-state index is 12.5. The molecule has 3 rings (SSSR count). The molecule has 1 aliphatic rings. The molecule has 8 heteroatoms. The van der Waals surface area contributed by atoms with Crippen LogP contribution in [0.1, 0.15) is 51.8 Å². The van der Waals surface area contributed by atoms with Gasteiger partial charge in [-0.25, -0.2) is 17.9 Å². The molecule has 1 aliphatic carbocycles. The first-order chi connectivity index (χ1) is 12.7. The van der Waals surface area contributed by atoms with E-state index >= 15 is 0 Å². The predicted molar refractivity (Wildman–Crippen MR) is 97.2 cm³/mol. The zero-order valence-electron chi connectivity index (χ0n) is 15.3. The van der Waals surface area contributed by atoms with Gasteiger partial charge in [0.25, 0.3) is 10.0 Å². The number of nitrogens with one attached hydrogen (secondary N) is 1. The number of carbonyl (C=O) groups is 2. The standard InChI is InChI=1S/C19H21NO6S/c1-11-4-5-14(10-12(11)2)18(21)13(3)25-19(22)16-8-9-17(26-16)27(23,24)20-15-6-7-15/h4-5,8-10,13,15,20H,6-7H2,1-3H3. The summed E-state index contributed by atoms with van der Waals surface area (Å²) in [6.07, 6.45) is 0.536. The van der Waals surface area contributed by atoms with Crippen LogP contribution in [0.3, 0.4) is 0 Å². The van der Waals surface area contributed by atoms with Crippen LogP contribution in [-0.4, -0.2) is 32.3 Å². The number of Topliss-reactive ketones (excluding diaryl/α,β-unsaturated/α-hetero) is 1. The van der Waals surface area contributed by atoms with Crippen molar-refractivity contribution in [1.82, 2.24) is 4.72 Å². The minimum absolute atomic E-state index is 0.0777. The summed E-state index contributed by atoms with van der Waals surface area (Å²) < 4.78 is 36.9. The Labute approximate surface area is 157 Å². The van der Waals surface area contributed by atoms with Crippen LogP contribution in [0, 0.1) is 13.8 Å². The normalized spacial score (nSPS) is 15.4. The lowest BCUT2D eigenvalue weighted by Crippen LogP contribution is -2.25. The molecule has 1 N–H and O–H groups in total. The highest BCUT2D eigenvalue weighted by Gasteiger charge is 2.31. The molecule has 2 aromatic rings. The third-order valence-corrected chi connectivity index (χ3v) is 5.78. The second-order valence-corrected chi connectivity index (χ2v) is 8.37. The Morgan fingerprint density at radius 1 is 1.15 bits per heavy atom. The van der Waals surface area contributed by atoms with Crippen LogP contribution >= 0.6 is 0 Å². The Morgan fingerprint density at radius 3 is 2.48 bits per heavy atom. The van der Waals surface area contributed by atoms with Crippen molar-refractivity contribution in [1.29, 1.82) is 0 Å². The van der Waals surface area contributed by atoms with Crippen molar-refractivity contribution >= 4 is 21.8 Å². The minimum atomic E-state index is -3.80. The number of ether oxygens (including phenoxy) is 1. The summed E-state index contributed by atoms with van der Waals surface area (Å²) in [5, 5.41) is -0.352. The molecule has 1 aromatic heterocycles. The summed E-state index contributed by atoms with van der Waals surface area (Å²) >= 11 is 0. The van der Waals surface area contributed by atoms with Gasteiger partial charge in [-0.15, -0.1) is 0 Å². The number of carbonyl (C=O) groups excluding carboxylic acids is 2. The van der Waals surface area contributed by atoms with E-state index in [1.165, 1.54) is 19.1 Å². The minimum Gasteiger partial charge on any atom is -0.448 e. The number of hydrogen-bond acceptors (Lipinski definition) is 6. The first-order valence-corrected chi connectivity index (χ1v) is 10.1. The monoisotopic (exact) mass is 391 g/mol. The SMILES string of the molecule is Cc1ccc(C(=O)C(C)OC(=O)c2ccc(S(=O)(=O)NC3CC3)o2)cc1C. The number of rotatable bonds is 7. The molecule has 0 spiro atoms. The topological polar surface area (TPSA) is 103 Å². The van der Waals surface area contributed by atoms with Crippen LogP contribution in [0.4, 0.5) is 0 Å². The van der Waals surface area contributed by atoms with Crippen molar-refractivity contribution in [2.75, 3.05) is 0 Å². The Morgan fingerprint density at radius 2 is 1.85 bits per heavy atom. The number of ketones is 1. The number of hydrogen-bond donors (Lipinski definition) is 1. The van der Waals surface area contributed by atoms with Crippen molar-refractivity contribution in [3.8, 4) is 0 Å². The molecule has 144 valence electrons. The maximum atomic E-state index is 12.5. The Hall–Kier alpha value is -2.45. The van der Waals surface area contributed by atoms with Gasteiger partial charge >= 0.3 is 5.97 Å². The van der Waals surface area contributed by atoms with Crippen LogP contribution < -0.4 is 4.72 Å². The van der Waals surface area contributed by atoms with E-state index in [0.29, 0.717) is 5.56 Å². The Bertz CT molecular complexity index is 987. The first kappa shape index (κ1) is 19.3. The fraction of sp³-hybridized carbons (Fsp3) is 0.368. The Balaban J connectivity index is 1.67. The summed E-state index contributed by atoms with van der Waals surface area (Å²) in [5.74, 6) is -1.51. The smallest absolute Gasteiger partial charge is 0.375 e. The molecular weight excluding hydrogens is 370 g/mol. The molecular formula is C19H21NO6S. The van der Waals surface area contributed by atoms with Gasteiger partial charge in [0.05, 0.1) is 0 Å². The number of furan rings is 1. The average Bonchev–Trinajstić information content (AvgIpc) is 3.25. The number of benzene rings is 1. The largest absolute Gasteiger partial charge is 0.448 e. The fourth-order valence-corrected chi connectivity index (χ4v) is 3.69. The van der Waals surface area contributed by atoms with Crippen LogP contribution in [0.15, 0.2) is 39.8 Å². The highest BCUT2D eigenvalue weighted by molar-refractivity contribution is 7.89. The quantitative estimate of drug-likeness (QED) is 0.575. The molecule has 1 fully saturated rings. The first-order valence-electron chi connectivity index (χ1n) is 8.62. The Kier molecular flexibility index (Phi) is 5.21. The summed E-state index contributed by atoms with van der Waals surface area (Å²) in [7, 11) is -3.80. The van der Waals surface area contributed by atoms with Crippen molar-refractivity contribution in [2.24, 2.45) is 0 Å². The van der Waals surface area contributed by atoms with E-state index in [1.807, 2.05) is 19.9 Å². The van der Waals surface area contributed by atoms with Gasteiger partial charge in [0.2, 0.25) is 16.6 Å². The lowest BCUT2D eigenvalue weighted by Gasteiger charge is -2.12. The molecule has 1 aromatic carbocycles. The highest BCUT2D eigenvalue weighted by atomic mass is 32.2. The van der Waals surface area contributed by atoms with Crippen molar-refractivity contribution < 1.29 is 27.2 Å². The molecule has 0 saturated heterocycles. The molecule has 1 saturated carbocycles. The van der Waals surface area contributed by atoms with E-state index in [-0.39, 0.29) is 22.7 Å². The summed E-state index contributed by atoms with van der Waals surface area (Å²) in [4.78, 5) is 24.7. The van der Waals surface area contributed by atoms with Gasteiger partial charge in [0, 0.05) is 11.6 Å². The highest BCUT2D eigenvalue weighted by Crippen LogP contribution is 2.23. The average molecular weight is 391 g/mol. The summed E-state index contributed by atoms with van der Waals surface area (Å²) in [6, 6.07) is 7.58. The van der Waals surface area contributed by atoms with E-state index in [1.54, 1.807) is 12.1 Å². The van der Waals surface area contributed by atoms with E-state index in [4.69, 9.17) is 9.15 Å². The second kappa shape index (κ2) is 7.28. The van der Waals surface area contributed by atoms with Crippen LogP contribution in [0.2, 0.25) is 0 Å². The van der Waals surface area contributed by atoms with Crippen molar-refractivity contribution in [3.63, 3.8) is 0 Å². The summed E-state index contributed by atoms with van der Waals surface area (Å²) in [6.45, 7) is 5.29. The zero-order chi connectivity index (χ0) is 19.8. The van der Waals surface area contributed by atoms with E-state index in [9.17, 15) is 18.0 Å². The molecule has 1 atom stereocenters. The van der Waals surface area contributed by atoms with E-state index in [2.05, 4.69) is 4.72 Å². The summed E-state index contributed by atoms with van der Waals surface area (Å²) in [5.41, 5.74) is 2.46. The molecule has 0 radical (unpaired) electrons. The molecule has 7 nitrogen and oxygen atoms in total. The van der Waals surface area contributed by atoms with Gasteiger partial charge in [-0.2, -0.15) is 0 Å². The van der Waals surface area contributed by atoms with Gasteiger partial charge in [-0.05, 0) is 62.9 Å². The van der Waals surface area contributed by atoms with E-state index in [0.717, 1.165) is 24.0 Å². The zero-order valence-corrected chi connectivity index (χ0v) is 16.1. The fourth-order valence-electron chi connectivity index (χ4n) is 2.45. The van der Waals surface area contributed by atoms with Crippen molar-refractivity contribution in [3.05, 3.63) is 52.8 Å². The third-order valence-electron chi connectivity index (χ3n) is 4.39. The molecule has 1 heterocycles. The molecule has 0 bridgehead atoms. The number of sulfonamides is 1. The predicted octanol–water partition coefficient (Wildman–Crippen LogP) is 2.77. The second-order valence-electron chi connectivity index (χ2n) is 6.73. The number of aryl methyl sites for hydroxylation is 2. The van der Waals surface area contributed by atoms with Gasteiger partial charge in [-0.3, -0.25) is 4.79 Å². The lowest BCUT2D eigenvalue weighted by atomic mass is 10.0. The van der Waals surface area contributed by atoms with Crippen LogP contribution in [0.25, 0.3) is 0 Å². The van der Waals surface area contributed by atoms with Gasteiger partial charge in [0.1, 0.15) is 0 Å². The van der Waals surface area contributed by atoms with E-state index < -0.39 is 22.1 Å². The third kappa shape index (κ3) is 4.45. The van der Waals surface area contributed by atoms with Gasteiger partial charge < -0.3 is 9.15 Å². The van der Waals surface area contributed by atoms with Gasteiger partial charge in [-0.1, -0.05) is 12.1 Å². The molecule has 0 amide bonds. The van der Waals surface area contributed by atoms with Crippen LogP contribution in [-0.2, 0) is 14.8 Å². The number of esters is 1. The van der Waals surface area contributed by atoms with Gasteiger partial charge in [0.15, 0.2) is 6.10 Å².